The van der Waals surface area contributed by atoms with Crippen LogP contribution in [-0.4, -0.2) is 25.2 Å². The predicted octanol–water partition coefficient (Wildman–Crippen LogP) is 3.73. The lowest BCUT2D eigenvalue weighted by Gasteiger charge is -2.20. The van der Waals surface area contributed by atoms with E-state index in [1.165, 1.54) is 0 Å². The van der Waals surface area contributed by atoms with Gasteiger partial charge in [0.15, 0.2) is 0 Å². The van der Waals surface area contributed by atoms with E-state index in [-0.39, 0.29) is 23.3 Å². The number of ether oxygens (including phenoxy) is 2. The van der Waals surface area contributed by atoms with Crippen molar-refractivity contribution in [3.05, 3.63) is 0 Å². The Morgan fingerprint density at radius 3 is 1.75 bits per heavy atom. The molecule has 0 rings (SSSR count). The first-order valence-electron chi connectivity index (χ1n) is 7.59. The molecule has 4 nitrogen and oxygen atoms in total. The summed E-state index contributed by atoms with van der Waals surface area (Å²) in [6, 6.07) is 0. The van der Waals surface area contributed by atoms with E-state index in [2.05, 4.69) is 20.8 Å². The van der Waals surface area contributed by atoms with Crippen molar-refractivity contribution >= 4 is 11.9 Å². The molecule has 0 aliphatic rings. The second kappa shape index (κ2) is 9.78. The molecule has 0 spiro atoms. The van der Waals surface area contributed by atoms with Crippen molar-refractivity contribution in [3.63, 3.8) is 0 Å². The van der Waals surface area contributed by atoms with Crippen molar-refractivity contribution in [2.24, 2.45) is 11.3 Å². The van der Waals surface area contributed by atoms with E-state index in [1.807, 2.05) is 0 Å². The Balaban J connectivity index is 4.30. The summed E-state index contributed by atoms with van der Waals surface area (Å²) in [6.07, 6.45) is 3.55. The van der Waals surface area contributed by atoms with Crippen molar-refractivity contribution in [2.45, 2.75) is 66.7 Å². The van der Waals surface area contributed by atoms with Gasteiger partial charge in [-0.25, -0.2) is 0 Å². The Labute approximate surface area is 123 Å². The Kier molecular flexibility index (Phi) is 9.26. The first-order valence-corrected chi connectivity index (χ1v) is 7.59. The lowest BCUT2D eigenvalue weighted by molar-refractivity contribution is -0.147. The van der Waals surface area contributed by atoms with E-state index in [0.717, 1.165) is 19.3 Å². The average molecular weight is 286 g/mol. The van der Waals surface area contributed by atoms with E-state index in [9.17, 15) is 9.59 Å². The van der Waals surface area contributed by atoms with Crippen molar-refractivity contribution in [2.75, 3.05) is 13.2 Å². The van der Waals surface area contributed by atoms with Gasteiger partial charge in [0.2, 0.25) is 0 Å². The summed E-state index contributed by atoms with van der Waals surface area (Å²) in [5.74, 6) is -0.425. The van der Waals surface area contributed by atoms with E-state index in [0.29, 0.717) is 26.1 Å². The van der Waals surface area contributed by atoms with Gasteiger partial charge in [0.25, 0.3) is 0 Å². The number of rotatable bonds is 9. The fourth-order valence-electron chi connectivity index (χ4n) is 2.11. The van der Waals surface area contributed by atoms with Crippen LogP contribution in [0.2, 0.25) is 0 Å². The molecule has 0 saturated carbocycles. The maximum absolute atomic E-state index is 11.6. The van der Waals surface area contributed by atoms with Crippen LogP contribution in [0.15, 0.2) is 0 Å². The van der Waals surface area contributed by atoms with Crippen LogP contribution in [0.5, 0.6) is 0 Å². The third kappa shape index (κ3) is 10.8. The van der Waals surface area contributed by atoms with Crippen molar-refractivity contribution in [3.8, 4) is 0 Å². The molecular weight excluding hydrogens is 256 g/mol. The Hall–Kier alpha value is -1.06. The van der Waals surface area contributed by atoms with Gasteiger partial charge in [-0.05, 0) is 38.0 Å². The summed E-state index contributed by atoms with van der Waals surface area (Å²) < 4.78 is 9.94. The average Bonchev–Trinajstić information content (AvgIpc) is 2.27. The smallest absolute Gasteiger partial charge is 0.306 e. The normalized spacial score (nSPS) is 11.5. The van der Waals surface area contributed by atoms with Gasteiger partial charge < -0.3 is 9.47 Å². The maximum Gasteiger partial charge on any atom is 0.306 e. The van der Waals surface area contributed by atoms with Gasteiger partial charge in [0.1, 0.15) is 0 Å². The van der Waals surface area contributed by atoms with Crippen molar-refractivity contribution < 1.29 is 19.1 Å². The second-order valence-electron chi connectivity index (χ2n) is 6.34. The number of carbonyl (C=O) groups excluding carboxylic acids is 2. The molecule has 0 amide bonds. The molecule has 0 fully saturated rings. The highest BCUT2D eigenvalue weighted by atomic mass is 16.5. The summed E-state index contributed by atoms with van der Waals surface area (Å²) >= 11 is 0. The van der Waals surface area contributed by atoms with Gasteiger partial charge in [0, 0.05) is 12.8 Å². The molecule has 0 aliphatic carbocycles. The zero-order valence-corrected chi connectivity index (χ0v) is 13.7. The minimum Gasteiger partial charge on any atom is -0.466 e. The van der Waals surface area contributed by atoms with Crippen LogP contribution < -0.4 is 0 Å². The standard InChI is InChI=1S/C16H30O4/c1-6-19-14(17)11-13(12-15(18)20-7-2)9-8-10-16(3,4)5/h13H,6-12H2,1-5H3. The Morgan fingerprint density at radius 1 is 0.950 bits per heavy atom. The molecule has 0 N–H and O–H groups in total. The molecule has 4 heteroatoms. The largest absolute Gasteiger partial charge is 0.466 e. The van der Waals surface area contributed by atoms with E-state index < -0.39 is 0 Å². The summed E-state index contributed by atoms with van der Waals surface area (Å²) in [7, 11) is 0. The van der Waals surface area contributed by atoms with E-state index in [4.69, 9.17) is 9.47 Å². The first kappa shape index (κ1) is 18.9. The van der Waals surface area contributed by atoms with Gasteiger partial charge in [0.05, 0.1) is 13.2 Å². The highest BCUT2D eigenvalue weighted by molar-refractivity contribution is 5.73. The minimum absolute atomic E-state index is 0.0236. The number of carbonyl (C=O) groups is 2. The van der Waals surface area contributed by atoms with Crippen LogP contribution in [0, 0.1) is 11.3 Å². The predicted molar refractivity (Wildman–Crippen MR) is 79.3 cm³/mol. The molecule has 0 radical (unpaired) electrons. The van der Waals surface area contributed by atoms with Gasteiger partial charge >= 0.3 is 11.9 Å². The summed E-state index contributed by atoms with van der Waals surface area (Å²) in [6.45, 7) is 10.9. The molecule has 118 valence electrons. The Bertz CT molecular complexity index is 271. The van der Waals surface area contributed by atoms with Gasteiger partial charge in [-0.1, -0.05) is 27.2 Å². The first-order chi connectivity index (χ1) is 9.28. The van der Waals surface area contributed by atoms with E-state index >= 15 is 0 Å². The minimum atomic E-state index is -0.224. The number of hydrogen-bond acceptors (Lipinski definition) is 4. The lowest BCUT2D eigenvalue weighted by atomic mass is 9.86. The molecule has 20 heavy (non-hydrogen) atoms. The molecule has 0 saturated heterocycles. The van der Waals surface area contributed by atoms with Crippen LogP contribution in [0.25, 0.3) is 0 Å². The molecule has 0 aliphatic heterocycles. The summed E-state index contributed by atoms with van der Waals surface area (Å²) in [5.41, 5.74) is 0.276. The second-order valence-corrected chi connectivity index (χ2v) is 6.34. The number of esters is 2. The molecule has 0 atom stereocenters. The van der Waals surface area contributed by atoms with E-state index in [1.54, 1.807) is 13.8 Å². The maximum atomic E-state index is 11.6. The molecule has 0 unspecified atom stereocenters. The molecule has 0 aromatic heterocycles. The fraction of sp³-hybridized carbons (Fsp3) is 0.875. The van der Waals surface area contributed by atoms with Gasteiger partial charge in [-0.3, -0.25) is 9.59 Å². The summed E-state index contributed by atoms with van der Waals surface area (Å²) in [4.78, 5) is 23.2. The number of hydrogen-bond donors (Lipinski definition) is 0. The lowest BCUT2D eigenvalue weighted by Crippen LogP contribution is -2.17. The molecule has 0 aromatic rings. The monoisotopic (exact) mass is 286 g/mol. The van der Waals surface area contributed by atoms with Crippen LogP contribution >= 0.6 is 0 Å². The highest BCUT2D eigenvalue weighted by Crippen LogP contribution is 2.25. The third-order valence-corrected chi connectivity index (χ3v) is 3.06. The molecular formula is C16H30O4. The zero-order valence-electron chi connectivity index (χ0n) is 13.7. The molecule has 0 aromatic carbocycles. The quantitative estimate of drug-likeness (QED) is 0.606. The molecule has 0 bridgehead atoms. The molecule has 0 heterocycles. The van der Waals surface area contributed by atoms with Crippen LogP contribution in [0.1, 0.15) is 66.7 Å². The fourth-order valence-corrected chi connectivity index (χ4v) is 2.11. The van der Waals surface area contributed by atoms with Gasteiger partial charge in [-0.15, -0.1) is 0 Å². The Morgan fingerprint density at radius 2 is 1.40 bits per heavy atom. The SMILES string of the molecule is CCOC(=O)CC(CCCC(C)(C)C)CC(=O)OCC. The van der Waals surface area contributed by atoms with Crippen molar-refractivity contribution in [1.29, 1.82) is 0 Å². The van der Waals surface area contributed by atoms with Crippen LogP contribution in [0.3, 0.4) is 0 Å². The van der Waals surface area contributed by atoms with Crippen LogP contribution in [-0.2, 0) is 19.1 Å². The third-order valence-electron chi connectivity index (χ3n) is 3.06. The van der Waals surface area contributed by atoms with Crippen molar-refractivity contribution in [1.82, 2.24) is 0 Å². The van der Waals surface area contributed by atoms with Gasteiger partial charge in [-0.2, -0.15) is 0 Å². The summed E-state index contributed by atoms with van der Waals surface area (Å²) in [5, 5.41) is 0. The highest BCUT2D eigenvalue weighted by Gasteiger charge is 2.20. The zero-order chi connectivity index (χ0) is 15.6. The van der Waals surface area contributed by atoms with Crippen LogP contribution in [0.4, 0.5) is 0 Å². The topological polar surface area (TPSA) is 52.6 Å².